The third-order valence-corrected chi connectivity index (χ3v) is 6.08. The maximum absolute atomic E-state index is 12.6. The molecule has 0 heterocycles. The topological polar surface area (TPSA) is 52.6 Å². The number of hydrogen-bond donors (Lipinski definition) is 0. The Balaban J connectivity index is 5.33. The van der Waals surface area contributed by atoms with E-state index in [2.05, 4.69) is 0 Å². The van der Waals surface area contributed by atoms with Gasteiger partial charge in [0, 0.05) is 0 Å². The van der Waals surface area contributed by atoms with Crippen molar-refractivity contribution in [1.82, 2.24) is 0 Å². The molecule has 142 valence electrons. The quantitative estimate of drug-likeness (QED) is 0.611. The average molecular weight is 343 g/mol. The van der Waals surface area contributed by atoms with Crippen LogP contribution in [0.15, 0.2) is 0 Å². The van der Waals surface area contributed by atoms with Gasteiger partial charge in [0.15, 0.2) is 0 Å². The molecule has 0 saturated heterocycles. The smallest absolute Gasteiger partial charge is 0.312 e. The lowest BCUT2D eigenvalue weighted by Gasteiger charge is -2.43. The molecule has 0 rings (SSSR count). The molecular formula is C20H38O4. The van der Waals surface area contributed by atoms with Crippen molar-refractivity contribution in [1.29, 1.82) is 0 Å². The van der Waals surface area contributed by atoms with E-state index in [-0.39, 0.29) is 23.8 Å². The molecule has 0 N–H and O–H groups in total. The number of rotatable bonds is 7. The van der Waals surface area contributed by atoms with Crippen LogP contribution >= 0.6 is 0 Å². The molecule has 0 amide bonds. The van der Waals surface area contributed by atoms with Crippen molar-refractivity contribution in [3.8, 4) is 0 Å². The SMILES string of the molecule is CC(C)C(C)(C)C(=O)OC(C)(C)C(C)(C)OC(=O)C(C)(C)C(C)C. The molecule has 0 aromatic heterocycles. The molecule has 0 bridgehead atoms. The Morgan fingerprint density at radius 3 is 0.958 bits per heavy atom. The van der Waals surface area contributed by atoms with Gasteiger partial charge in [-0.15, -0.1) is 0 Å². The standard InChI is InChI=1S/C20H38O4/c1-13(2)17(5,6)15(21)23-19(9,10)20(11,12)24-16(22)18(7,8)14(3)4/h13-14H,1-12H3. The number of carbonyl (C=O) groups excluding carboxylic acids is 2. The maximum atomic E-state index is 12.6. The third-order valence-electron chi connectivity index (χ3n) is 6.08. The summed E-state index contributed by atoms with van der Waals surface area (Å²) in [5, 5.41) is 0. The molecule has 0 atom stereocenters. The van der Waals surface area contributed by atoms with E-state index in [1.165, 1.54) is 0 Å². The first kappa shape index (κ1) is 22.9. The lowest BCUT2D eigenvalue weighted by Crippen LogP contribution is -2.54. The molecule has 0 saturated carbocycles. The minimum atomic E-state index is -0.945. The minimum absolute atomic E-state index is 0.145. The van der Waals surface area contributed by atoms with E-state index < -0.39 is 22.0 Å². The van der Waals surface area contributed by atoms with Crippen LogP contribution in [-0.2, 0) is 19.1 Å². The Labute approximate surface area is 148 Å². The largest absolute Gasteiger partial charge is 0.455 e. The normalized spacial score (nSPS) is 14.1. The van der Waals surface area contributed by atoms with Crippen LogP contribution in [0.25, 0.3) is 0 Å². The Morgan fingerprint density at radius 2 is 0.792 bits per heavy atom. The highest BCUT2D eigenvalue weighted by atomic mass is 16.6. The zero-order chi connectivity index (χ0) is 19.7. The highest BCUT2D eigenvalue weighted by molar-refractivity contribution is 5.78. The van der Waals surface area contributed by atoms with Crippen LogP contribution in [0, 0.1) is 22.7 Å². The average Bonchev–Trinajstić information content (AvgIpc) is 2.36. The predicted octanol–water partition coefficient (Wildman–Crippen LogP) is 4.99. The van der Waals surface area contributed by atoms with E-state index in [4.69, 9.17) is 9.47 Å². The first-order valence-electron chi connectivity index (χ1n) is 8.86. The van der Waals surface area contributed by atoms with Crippen molar-refractivity contribution in [3.05, 3.63) is 0 Å². The lowest BCUT2D eigenvalue weighted by atomic mass is 9.80. The van der Waals surface area contributed by atoms with Gasteiger partial charge in [-0.3, -0.25) is 9.59 Å². The van der Waals surface area contributed by atoms with Crippen LogP contribution in [0.1, 0.15) is 83.1 Å². The summed E-state index contributed by atoms with van der Waals surface area (Å²) < 4.78 is 11.6. The molecule has 0 aliphatic heterocycles. The number of hydrogen-bond acceptors (Lipinski definition) is 4. The molecule has 0 aliphatic carbocycles. The van der Waals surface area contributed by atoms with Gasteiger partial charge < -0.3 is 9.47 Å². The molecule has 4 heteroatoms. The maximum Gasteiger partial charge on any atom is 0.312 e. The van der Waals surface area contributed by atoms with Crippen molar-refractivity contribution < 1.29 is 19.1 Å². The fraction of sp³-hybridized carbons (Fsp3) is 0.900. The van der Waals surface area contributed by atoms with Crippen LogP contribution < -0.4 is 0 Å². The van der Waals surface area contributed by atoms with Crippen LogP contribution in [0.3, 0.4) is 0 Å². The summed E-state index contributed by atoms with van der Waals surface area (Å²) in [6.07, 6.45) is 0. The molecule has 0 aliphatic rings. The summed E-state index contributed by atoms with van der Waals surface area (Å²) in [5.41, 5.74) is -3.10. The zero-order valence-corrected chi connectivity index (χ0v) is 17.8. The fourth-order valence-electron chi connectivity index (χ4n) is 1.44. The molecule has 24 heavy (non-hydrogen) atoms. The monoisotopic (exact) mass is 342 g/mol. The van der Waals surface area contributed by atoms with Crippen LogP contribution in [0.5, 0.6) is 0 Å². The van der Waals surface area contributed by atoms with Crippen molar-refractivity contribution in [2.45, 2.75) is 94.3 Å². The molecule has 0 fully saturated rings. The van der Waals surface area contributed by atoms with Crippen LogP contribution in [0.2, 0.25) is 0 Å². The zero-order valence-electron chi connectivity index (χ0n) is 17.8. The summed E-state index contributed by atoms with van der Waals surface area (Å²) in [6.45, 7) is 22.6. The number of ether oxygens (including phenoxy) is 2. The lowest BCUT2D eigenvalue weighted by molar-refractivity contribution is -0.212. The third kappa shape index (κ3) is 4.73. The Bertz CT molecular complexity index is 424. The molecule has 0 spiro atoms. The summed E-state index contributed by atoms with van der Waals surface area (Å²) in [5.74, 6) is -0.276. The fourth-order valence-corrected chi connectivity index (χ4v) is 1.44. The highest BCUT2D eigenvalue weighted by Crippen LogP contribution is 2.37. The molecule has 0 unspecified atom stereocenters. The van der Waals surface area contributed by atoms with Gasteiger partial charge >= 0.3 is 11.9 Å². The van der Waals surface area contributed by atoms with E-state index in [1.807, 2.05) is 55.4 Å². The number of carbonyl (C=O) groups is 2. The van der Waals surface area contributed by atoms with Crippen molar-refractivity contribution in [2.75, 3.05) is 0 Å². The van der Waals surface area contributed by atoms with E-state index >= 15 is 0 Å². The van der Waals surface area contributed by atoms with E-state index in [1.54, 1.807) is 27.7 Å². The summed E-state index contributed by atoms with van der Waals surface area (Å²) in [4.78, 5) is 25.2. The second-order valence-corrected chi connectivity index (χ2v) is 9.55. The Hall–Kier alpha value is -1.06. The van der Waals surface area contributed by atoms with Crippen molar-refractivity contribution >= 4 is 11.9 Å². The van der Waals surface area contributed by atoms with Crippen molar-refractivity contribution in [2.24, 2.45) is 22.7 Å². The Morgan fingerprint density at radius 1 is 0.583 bits per heavy atom. The minimum Gasteiger partial charge on any atom is -0.455 e. The van der Waals surface area contributed by atoms with Crippen LogP contribution in [0.4, 0.5) is 0 Å². The first-order chi connectivity index (χ1) is 10.4. The van der Waals surface area contributed by atoms with Gasteiger partial charge in [0.1, 0.15) is 11.2 Å². The molecule has 0 aromatic carbocycles. The first-order valence-corrected chi connectivity index (χ1v) is 8.86. The van der Waals surface area contributed by atoms with Gasteiger partial charge in [0.2, 0.25) is 0 Å². The van der Waals surface area contributed by atoms with Gasteiger partial charge in [-0.1, -0.05) is 27.7 Å². The van der Waals surface area contributed by atoms with Gasteiger partial charge in [0.25, 0.3) is 0 Å². The molecule has 4 nitrogen and oxygen atoms in total. The predicted molar refractivity (Wildman–Crippen MR) is 97.6 cm³/mol. The number of esters is 2. The van der Waals surface area contributed by atoms with Crippen LogP contribution in [-0.4, -0.2) is 23.1 Å². The molecule has 0 aromatic rings. The second-order valence-electron chi connectivity index (χ2n) is 9.55. The Kier molecular flexibility index (Phi) is 6.74. The molecular weight excluding hydrogens is 304 g/mol. The summed E-state index contributed by atoms with van der Waals surface area (Å²) in [6, 6.07) is 0. The summed E-state index contributed by atoms with van der Waals surface area (Å²) >= 11 is 0. The van der Waals surface area contributed by atoms with Gasteiger partial charge in [-0.25, -0.2) is 0 Å². The van der Waals surface area contributed by atoms with Crippen molar-refractivity contribution in [3.63, 3.8) is 0 Å². The van der Waals surface area contributed by atoms with Gasteiger partial charge in [0.05, 0.1) is 10.8 Å². The second kappa shape index (κ2) is 7.05. The van der Waals surface area contributed by atoms with E-state index in [9.17, 15) is 9.59 Å². The van der Waals surface area contributed by atoms with E-state index in [0.717, 1.165) is 0 Å². The van der Waals surface area contributed by atoms with Gasteiger partial charge in [-0.05, 0) is 67.2 Å². The van der Waals surface area contributed by atoms with Gasteiger partial charge in [-0.2, -0.15) is 0 Å². The summed E-state index contributed by atoms with van der Waals surface area (Å²) in [7, 11) is 0. The highest BCUT2D eigenvalue weighted by Gasteiger charge is 2.48. The molecule has 0 radical (unpaired) electrons. The van der Waals surface area contributed by atoms with E-state index in [0.29, 0.717) is 0 Å².